The van der Waals surface area contributed by atoms with E-state index in [0.29, 0.717) is 46.3 Å². The highest BCUT2D eigenvalue weighted by Crippen LogP contribution is 2.31. The molecular formula is C25H22Cl2N2O4S. The minimum absolute atomic E-state index is 0.141. The number of amides is 1. The number of nitrogens with zero attached hydrogens (tertiary/aromatic N) is 1. The Bertz CT molecular complexity index is 1500. The van der Waals surface area contributed by atoms with Crippen LogP contribution in [-0.2, 0) is 20.6 Å². The topological polar surface area (TPSA) is 79.6 Å². The second-order valence-corrected chi connectivity index (χ2v) is 11.3. The van der Waals surface area contributed by atoms with E-state index in [1.807, 2.05) is 36.4 Å². The van der Waals surface area contributed by atoms with E-state index in [0.717, 1.165) is 16.4 Å². The molecule has 0 radical (unpaired) electrons. The van der Waals surface area contributed by atoms with E-state index < -0.39 is 15.9 Å². The number of halogens is 2. The molecule has 9 heteroatoms. The first-order valence-corrected chi connectivity index (χ1v) is 13.3. The van der Waals surface area contributed by atoms with Gasteiger partial charge in [-0.2, -0.15) is 0 Å². The summed E-state index contributed by atoms with van der Waals surface area (Å²) in [5.74, 6) is -0.838. The van der Waals surface area contributed by atoms with Crippen molar-refractivity contribution in [2.45, 2.75) is 18.6 Å². The van der Waals surface area contributed by atoms with Crippen molar-refractivity contribution in [2.24, 2.45) is 5.92 Å². The molecule has 0 saturated carbocycles. The summed E-state index contributed by atoms with van der Waals surface area (Å²) < 4.78 is 33.3. The maximum absolute atomic E-state index is 13.0. The average molecular weight is 517 g/mol. The smallest absolute Gasteiger partial charge is 0.228 e. The fraction of sp³-hybridized carbons (Fsp3) is 0.240. The molecule has 0 aliphatic carbocycles. The number of sulfonamides is 1. The molecule has 1 aromatic heterocycles. The lowest BCUT2D eigenvalue weighted by molar-refractivity contribution is -0.120. The second-order valence-electron chi connectivity index (χ2n) is 8.50. The van der Waals surface area contributed by atoms with Gasteiger partial charge in [0.1, 0.15) is 11.2 Å². The molecule has 34 heavy (non-hydrogen) atoms. The van der Waals surface area contributed by atoms with Crippen molar-refractivity contribution in [1.29, 1.82) is 0 Å². The number of benzene rings is 3. The van der Waals surface area contributed by atoms with E-state index >= 15 is 0 Å². The number of hydrogen-bond donors (Lipinski definition) is 1. The largest absolute Gasteiger partial charge is 0.456 e. The van der Waals surface area contributed by atoms with Crippen LogP contribution in [0.25, 0.3) is 21.9 Å². The van der Waals surface area contributed by atoms with E-state index in [-0.39, 0.29) is 18.2 Å². The van der Waals surface area contributed by atoms with Gasteiger partial charge in [-0.1, -0.05) is 47.5 Å². The lowest BCUT2D eigenvalue weighted by Crippen LogP contribution is -2.44. The van der Waals surface area contributed by atoms with Crippen LogP contribution in [0.3, 0.4) is 0 Å². The molecule has 6 nitrogen and oxygen atoms in total. The number of nitrogens with one attached hydrogen (secondary N) is 1. The summed E-state index contributed by atoms with van der Waals surface area (Å²) in [6, 6.07) is 18.1. The van der Waals surface area contributed by atoms with Crippen molar-refractivity contribution in [3.8, 4) is 0 Å². The molecule has 1 amide bonds. The summed E-state index contributed by atoms with van der Waals surface area (Å²) in [6.07, 6.45) is 1.23. The molecule has 1 unspecified atom stereocenters. The van der Waals surface area contributed by atoms with Crippen LogP contribution in [0.5, 0.6) is 0 Å². The van der Waals surface area contributed by atoms with Gasteiger partial charge in [0.05, 0.1) is 21.7 Å². The zero-order valence-corrected chi connectivity index (χ0v) is 20.5. The highest BCUT2D eigenvalue weighted by atomic mass is 35.5. The Kier molecular flexibility index (Phi) is 6.29. The van der Waals surface area contributed by atoms with Crippen LogP contribution in [0, 0.1) is 5.92 Å². The molecule has 176 valence electrons. The van der Waals surface area contributed by atoms with Crippen molar-refractivity contribution in [2.75, 3.05) is 18.4 Å². The third-order valence-electron chi connectivity index (χ3n) is 6.13. The molecule has 5 rings (SSSR count). The van der Waals surface area contributed by atoms with Gasteiger partial charge in [-0.25, -0.2) is 12.7 Å². The normalized spacial score (nSPS) is 17.3. The van der Waals surface area contributed by atoms with E-state index in [1.54, 1.807) is 24.3 Å². The van der Waals surface area contributed by atoms with Crippen LogP contribution in [-0.4, -0.2) is 31.7 Å². The Balaban J connectivity index is 1.28. The summed E-state index contributed by atoms with van der Waals surface area (Å²) in [6.45, 7) is 0.529. The van der Waals surface area contributed by atoms with Crippen molar-refractivity contribution >= 4 is 66.8 Å². The Morgan fingerprint density at radius 3 is 2.62 bits per heavy atom. The number of anilines is 1. The highest BCUT2D eigenvalue weighted by molar-refractivity contribution is 7.88. The first-order valence-electron chi connectivity index (χ1n) is 10.9. The molecule has 0 spiro atoms. The van der Waals surface area contributed by atoms with Crippen molar-refractivity contribution in [3.63, 3.8) is 0 Å². The van der Waals surface area contributed by atoms with Gasteiger partial charge < -0.3 is 9.73 Å². The fourth-order valence-corrected chi connectivity index (χ4v) is 6.31. The third-order valence-corrected chi connectivity index (χ3v) is 8.68. The van der Waals surface area contributed by atoms with E-state index in [4.69, 9.17) is 27.6 Å². The maximum atomic E-state index is 13.0. The molecule has 2 heterocycles. The number of hydrogen-bond acceptors (Lipinski definition) is 4. The van der Waals surface area contributed by atoms with E-state index in [1.165, 1.54) is 4.31 Å². The molecule has 4 aromatic rings. The lowest BCUT2D eigenvalue weighted by atomic mass is 9.98. The molecule has 3 aromatic carbocycles. The average Bonchev–Trinajstić information content (AvgIpc) is 3.19. The summed E-state index contributed by atoms with van der Waals surface area (Å²) in [5.41, 5.74) is 2.65. The van der Waals surface area contributed by atoms with Crippen LogP contribution in [0.4, 0.5) is 5.69 Å². The van der Waals surface area contributed by atoms with Gasteiger partial charge >= 0.3 is 0 Å². The standard InChI is InChI=1S/C25H22Cl2N2O4S/c26-21-10-7-16(12-22(21)27)15-34(31,32)29-11-3-4-17(14-29)25(30)28-18-8-9-20-19-5-1-2-6-23(19)33-24(20)13-18/h1-2,5-10,12-13,17H,3-4,11,14-15H2,(H,28,30). The minimum atomic E-state index is -3.61. The zero-order valence-electron chi connectivity index (χ0n) is 18.1. The van der Waals surface area contributed by atoms with E-state index in [9.17, 15) is 13.2 Å². The Hall–Kier alpha value is -2.58. The number of para-hydroxylation sites is 1. The lowest BCUT2D eigenvalue weighted by Gasteiger charge is -2.31. The quantitative estimate of drug-likeness (QED) is 0.348. The second kappa shape index (κ2) is 9.23. The summed E-state index contributed by atoms with van der Waals surface area (Å²) in [5, 5.41) is 5.61. The molecule has 1 atom stereocenters. The molecule has 1 saturated heterocycles. The van der Waals surface area contributed by atoms with Gasteiger partial charge in [-0.15, -0.1) is 0 Å². The molecule has 1 aliphatic rings. The van der Waals surface area contributed by atoms with Gasteiger partial charge in [0, 0.05) is 35.6 Å². The number of rotatable bonds is 5. The monoisotopic (exact) mass is 516 g/mol. The Labute approximate surface area is 207 Å². The first kappa shape index (κ1) is 23.2. The Morgan fingerprint density at radius 1 is 1.00 bits per heavy atom. The van der Waals surface area contributed by atoms with E-state index in [2.05, 4.69) is 5.32 Å². The maximum Gasteiger partial charge on any atom is 0.228 e. The van der Waals surface area contributed by atoms with Crippen LogP contribution in [0.2, 0.25) is 10.0 Å². The number of fused-ring (bicyclic) bond motifs is 3. The van der Waals surface area contributed by atoms with Gasteiger partial charge in [0.25, 0.3) is 0 Å². The minimum Gasteiger partial charge on any atom is -0.456 e. The summed E-state index contributed by atoms with van der Waals surface area (Å²) in [7, 11) is -3.61. The first-order chi connectivity index (χ1) is 16.3. The zero-order chi connectivity index (χ0) is 23.9. The van der Waals surface area contributed by atoms with Gasteiger partial charge in [-0.05, 0) is 48.7 Å². The van der Waals surface area contributed by atoms with Gasteiger partial charge in [0.15, 0.2) is 0 Å². The van der Waals surface area contributed by atoms with Crippen molar-refractivity contribution in [1.82, 2.24) is 4.31 Å². The van der Waals surface area contributed by atoms with Gasteiger partial charge in [-0.3, -0.25) is 4.79 Å². The predicted molar refractivity (Wildman–Crippen MR) is 136 cm³/mol. The number of carbonyl (C=O) groups excluding carboxylic acids is 1. The molecule has 1 N–H and O–H groups in total. The fourth-order valence-electron chi connectivity index (χ4n) is 4.39. The van der Waals surface area contributed by atoms with Crippen LogP contribution in [0.1, 0.15) is 18.4 Å². The number of carbonyl (C=O) groups is 1. The van der Waals surface area contributed by atoms with Crippen LogP contribution in [0.15, 0.2) is 65.1 Å². The third kappa shape index (κ3) is 4.66. The predicted octanol–water partition coefficient (Wildman–Crippen LogP) is 6.07. The molecule has 0 bridgehead atoms. The van der Waals surface area contributed by atoms with Crippen molar-refractivity contribution < 1.29 is 17.6 Å². The van der Waals surface area contributed by atoms with Crippen LogP contribution < -0.4 is 5.32 Å². The number of piperidine rings is 1. The van der Waals surface area contributed by atoms with Gasteiger partial charge in [0.2, 0.25) is 15.9 Å². The Morgan fingerprint density at radius 2 is 1.79 bits per heavy atom. The van der Waals surface area contributed by atoms with Crippen molar-refractivity contribution in [3.05, 3.63) is 76.3 Å². The molecule has 1 aliphatic heterocycles. The van der Waals surface area contributed by atoms with Crippen LogP contribution >= 0.6 is 23.2 Å². The molecule has 1 fully saturated rings. The summed E-state index contributed by atoms with van der Waals surface area (Å²) >= 11 is 12.0. The summed E-state index contributed by atoms with van der Waals surface area (Å²) in [4.78, 5) is 13.0. The number of furan rings is 1. The molecular weight excluding hydrogens is 495 g/mol. The SMILES string of the molecule is O=C(Nc1ccc2c(c1)oc1ccccc12)C1CCCN(S(=O)(=O)Cc2ccc(Cl)c(Cl)c2)C1. The highest BCUT2D eigenvalue weighted by Gasteiger charge is 2.32.